The number of anilines is 2. The highest BCUT2D eigenvalue weighted by Gasteiger charge is 2.39. The molecule has 2 amide bonds. The van der Waals surface area contributed by atoms with Gasteiger partial charge >= 0.3 is 0 Å². The second-order valence-electron chi connectivity index (χ2n) is 4.81. The number of hydrogen-bond acceptors (Lipinski definition) is 3. The van der Waals surface area contributed by atoms with Crippen molar-refractivity contribution in [3.8, 4) is 0 Å². The van der Waals surface area contributed by atoms with Crippen LogP contribution in [0.25, 0.3) is 0 Å². The summed E-state index contributed by atoms with van der Waals surface area (Å²) in [5.41, 5.74) is 1.03. The highest BCUT2D eigenvalue weighted by molar-refractivity contribution is 6.23. The zero-order valence-electron chi connectivity index (χ0n) is 11.1. The first-order valence-corrected chi connectivity index (χ1v) is 6.59. The smallest absolute Gasteiger partial charge is 0.256 e. The number of carbonyl (C=O) groups excluding carboxylic acids is 2. The second kappa shape index (κ2) is 5.36. The van der Waals surface area contributed by atoms with Crippen molar-refractivity contribution >= 4 is 23.2 Å². The highest BCUT2D eigenvalue weighted by atomic mass is 19.1. The Bertz CT molecular complexity index is 688. The van der Waals surface area contributed by atoms with Crippen LogP contribution in [0.5, 0.6) is 0 Å². The maximum atomic E-state index is 13.2. The predicted molar refractivity (Wildman–Crippen MR) is 77.4 cm³/mol. The average Bonchev–Trinajstić information content (AvgIpc) is 2.74. The molecule has 0 saturated carbocycles. The van der Waals surface area contributed by atoms with Crippen molar-refractivity contribution in [3.05, 3.63) is 60.4 Å². The van der Waals surface area contributed by atoms with Gasteiger partial charge in [0.15, 0.2) is 0 Å². The molecule has 1 atom stereocenters. The maximum Gasteiger partial charge on any atom is 0.256 e. The van der Waals surface area contributed by atoms with Crippen LogP contribution in [0, 0.1) is 5.82 Å². The number of carbonyl (C=O) groups is 2. The molecule has 3 rings (SSSR count). The molecule has 5 heteroatoms. The van der Waals surface area contributed by atoms with Gasteiger partial charge in [0, 0.05) is 5.69 Å². The van der Waals surface area contributed by atoms with E-state index in [0.717, 1.165) is 4.90 Å². The van der Waals surface area contributed by atoms with Crippen molar-refractivity contribution < 1.29 is 14.0 Å². The van der Waals surface area contributed by atoms with Gasteiger partial charge in [0.2, 0.25) is 5.91 Å². The minimum absolute atomic E-state index is 0.0598. The molecular weight excluding hydrogens is 271 g/mol. The van der Waals surface area contributed by atoms with Crippen molar-refractivity contribution in [2.75, 3.05) is 10.2 Å². The maximum absolute atomic E-state index is 13.2. The molecule has 21 heavy (non-hydrogen) atoms. The van der Waals surface area contributed by atoms with Gasteiger partial charge in [-0.25, -0.2) is 9.29 Å². The molecule has 1 fully saturated rings. The monoisotopic (exact) mass is 284 g/mol. The Balaban J connectivity index is 1.81. The first-order valence-electron chi connectivity index (χ1n) is 6.59. The molecule has 1 aliphatic rings. The van der Waals surface area contributed by atoms with Crippen LogP contribution in [-0.2, 0) is 9.59 Å². The minimum atomic E-state index is -0.667. The molecular formula is C16H13FN2O2. The Morgan fingerprint density at radius 2 is 1.81 bits per heavy atom. The summed E-state index contributed by atoms with van der Waals surface area (Å²) in [7, 11) is 0. The number of benzene rings is 2. The Hall–Kier alpha value is -2.69. The third kappa shape index (κ3) is 2.63. The van der Waals surface area contributed by atoms with E-state index in [1.54, 1.807) is 36.4 Å². The molecule has 0 radical (unpaired) electrons. The fraction of sp³-hybridized carbons (Fsp3) is 0.125. The Kier molecular flexibility index (Phi) is 3.39. The molecule has 106 valence electrons. The number of nitrogens with one attached hydrogen (secondary N) is 1. The van der Waals surface area contributed by atoms with Crippen LogP contribution in [0.4, 0.5) is 15.8 Å². The fourth-order valence-corrected chi connectivity index (χ4v) is 2.37. The summed E-state index contributed by atoms with van der Waals surface area (Å²) in [6.07, 6.45) is 0.0598. The van der Waals surface area contributed by atoms with E-state index in [1.165, 1.54) is 12.1 Å². The minimum Gasteiger partial charge on any atom is -0.373 e. The number of halogens is 1. The lowest BCUT2D eigenvalue weighted by Crippen LogP contribution is -2.34. The van der Waals surface area contributed by atoms with Gasteiger partial charge in [-0.1, -0.05) is 24.3 Å². The summed E-state index contributed by atoms with van der Waals surface area (Å²) in [5, 5.41) is 2.91. The van der Waals surface area contributed by atoms with Crippen LogP contribution < -0.4 is 10.2 Å². The van der Waals surface area contributed by atoms with Crippen molar-refractivity contribution in [1.29, 1.82) is 0 Å². The van der Waals surface area contributed by atoms with E-state index in [1.807, 2.05) is 6.07 Å². The van der Waals surface area contributed by atoms with E-state index in [-0.39, 0.29) is 18.2 Å². The van der Waals surface area contributed by atoms with Gasteiger partial charge in [-0.15, -0.1) is 0 Å². The van der Waals surface area contributed by atoms with E-state index in [2.05, 4.69) is 5.32 Å². The summed E-state index contributed by atoms with van der Waals surface area (Å²) >= 11 is 0. The van der Waals surface area contributed by atoms with Crippen LogP contribution >= 0.6 is 0 Å². The summed E-state index contributed by atoms with van der Waals surface area (Å²) in [5.74, 6) is -0.979. The van der Waals surface area contributed by atoms with Crippen LogP contribution in [0.3, 0.4) is 0 Å². The van der Waals surface area contributed by atoms with Crippen molar-refractivity contribution in [3.63, 3.8) is 0 Å². The SMILES string of the molecule is O=C1CC(Nc2cccc(F)c2)C(=O)N1c1ccccc1. The molecule has 1 aliphatic heterocycles. The summed E-state index contributed by atoms with van der Waals surface area (Å²) in [4.78, 5) is 25.6. The topological polar surface area (TPSA) is 49.4 Å². The van der Waals surface area contributed by atoms with E-state index < -0.39 is 11.9 Å². The lowest BCUT2D eigenvalue weighted by molar-refractivity contribution is -0.121. The highest BCUT2D eigenvalue weighted by Crippen LogP contribution is 2.24. The molecule has 1 N–H and O–H groups in total. The first kappa shape index (κ1) is 13.3. The van der Waals surface area contributed by atoms with Gasteiger partial charge in [-0.3, -0.25) is 9.59 Å². The molecule has 2 aromatic rings. The number of rotatable bonds is 3. The molecule has 0 spiro atoms. The Morgan fingerprint density at radius 3 is 2.52 bits per heavy atom. The molecule has 1 unspecified atom stereocenters. The normalized spacial score (nSPS) is 18.1. The lowest BCUT2D eigenvalue weighted by Gasteiger charge is -2.16. The fourth-order valence-electron chi connectivity index (χ4n) is 2.37. The standard InChI is InChI=1S/C16H13FN2O2/c17-11-5-4-6-12(9-11)18-14-10-15(20)19(16(14)21)13-7-2-1-3-8-13/h1-9,14,18H,10H2. The zero-order chi connectivity index (χ0) is 14.8. The van der Waals surface area contributed by atoms with Gasteiger partial charge in [0.05, 0.1) is 12.1 Å². The van der Waals surface area contributed by atoms with Crippen LogP contribution in [0.1, 0.15) is 6.42 Å². The Morgan fingerprint density at radius 1 is 1.05 bits per heavy atom. The van der Waals surface area contributed by atoms with Crippen LogP contribution in [-0.4, -0.2) is 17.9 Å². The molecule has 0 aliphatic carbocycles. The van der Waals surface area contributed by atoms with Gasteiger partial charge in [0.1, 0.15) is 11.9 Å². The van der Waals surface area contributed by atoms with E-state index in [9.17, 15) is 14.0 Å². The lowest BCUT2D eigenvalue weighted by atomic mass is 10.2. The van der Waals surface area contributed by atoms with Crippen LogP contribution in [0.15, 0.2) is 54.6 Å². The Labute approximate surface area is 121 Å². The van der Waals surface area contributed by atoms with E-state index >= 15 is 0 Å². The van der Waals surface area contributed by atoms with E-state index in [4.69, 9.17) is 0 Å². The summed E-state index contributed by atoms with van der Waals surface area (Å²) in [6.45, 7) is 0. The number of amides is 2. The average molecular weight is 284 g/mol. The third-order valence-corrected chi connectivity index (χ3v) is 3.33. The molecule has 2 aromatic carbocycles. The molecule has 0 aromatic heterocycles. The van der Waals surface area contributed by atoms with Gasteiger partial charge in [-0.2, -0.15) is 0 Å². The summed E-state index contributed by atoms with van der Waals surface area (Å²) < 4.78 is 13.2. The number of nitrogens with zero attached hydrogens (tertiary/aromatic N) is 1. The summed E-state index contributed by atoms with van der Waals surface area (Å²) in [6, 6.07) is 13.9. The van der Waals surface area contributed by atoms with Crippen LogP contribution in [0.2, 0.25) is 0 Å². The van der Waals surface area contributed by atoms with Gasteiger partial charge in [0.25, 0.3) is 5.91 Å². The third-order valence-electron chi connectivity index (χ3n) is 3.33. The largest absolute Gasteiger partial charge is 0.373 e. The molecule has 1 heterocycles. The van der Waals surface area contributed by atoms with Gasteiger partial charge < -0.3 is 5.32 Å². The number of hydrogen-bond donors (Lipinski definition) is 1. The molecule has 4 nitrogen and oxygen atoms in total. The first-order chi connectivity index (χ1) is 10.1. The van der Waals surface area contributed by atoms with Crippen molar-refractivity contribution in [2.45, 2.75) is 12.5 Å². The van der Waals surface area contributed by atoms with E-state index in [0.29, 0.717) is 11.4 Å². The molecule has 1 saturated heterocycles. The quantitative estimate of drug-likeness (QED) is 0.881. The predicted octanol–water partition coefficient (Wildman–Crippen LogP) is 2.57. The van der Waals surface area contributed by atoms with Crippen molar-refractivity contribution in [2.24, 2.45) is 0 Å². The van der Waals surface area contributed by atoms with Crippen molar-refractivity contribution in [1.82, 2.24) is 0 Å². The number of imide groups is 1. The number of para-hydroxylation sites is 1. The zero-order valence-corrected chi connectivity index (χ0v) is 11.1. The molecule has 0 bridgehead atoms. The van der Waals surface area contributed by atoms with Gasteiger partial charge in [-0.05, 0) is 30.3 Å². The second-order valence-corrected chi connectivity index (χ2v) is 4.81.